The van der Waals surface area contributed by atoms with Crippen LogP contribution < -0.4 is 0 Å². The van der Waals surface area contributed by atoms with E-state index >= 15 is 0 Å². The standard InChI is InChI=1S/C11H10N2O/c14-11(10-5-3-7-13-10)8-9-4-1-2-6-12-9/h1-7,13H,8H2. The highest BCUT2D eigenvalue weighted by molar-refractivity contribution is 5.95. The van der Waals surface area contributed by atoms with Crippen molar-refractivity contribution in [1.29, 1.82) is 0 Å². The average Bonchev–Trinajstić information content (AvgIpc) is 2.72. The summed E-state index contributed by atoms with van der Waals surface area (Å²) in [5.74, 6) is 0.0636. The average molecular weight is 186 g/mol. The second-order valence-corrected chi connectivity index (χ2v) is 3.00. The molecule has 0 radical (unpaired) electrons. The quantitative estimate of drug-likeness (QED) is 0.743. The Morgan fingerprint density at radius 2 is 2.21 bits per heavy atom. The number of nitrogens with zero attached hydrogens (tertiary/aromatic N) is 1. The minimum Gasteiger partial charge on any atom is -0.359 e. The van der Waals surface area contributed by atoms with Gasteiger partial charge in [0.2, 0.25) is 0 Å². The van der Waals surface area contributed by atoms with Crippen LogP contribution in [-0.2, 0) is 6.42 Å². The van der Waals surface area contributed by atoms with Crippen LogP contribution in [0, 0.1) is 0 Å². The van der Waals surface area contributed by atoms with E-state index < -0.39 is 0 Å². The molecule has 0 saturated heterocycles. The fourth-order valence-corrected chi connectivity index (χ4v) is 1.27. The zero-order valence-corrected chi connectivity index (χ0v) is 7.60. The van der Waals surface area contributed by atoms with Gasteiger partial charge in [-0.2, -0.15) is 0 Å². The van der Waals surface area contributed by atoms with Crippen LogP contribution in [0.2, 0.25) is 0 Å². The molecule has 1 N–H and O–H groups in total. The molecule has 0 aromatic carbocycles. The lowest BCUT2D eigenvalue weighted by Gasteiger charge is -1.97. The smallest absolute Gasteiger partial charge is 0.184 e. The van der Waals surface area contributed by atoms with E-state index in [1.54, 1.807) is 18.5 Å². The Hall–Kier alpha value is -1.90. The van der Waals surface area contributed by atoms with Crippen LogP contribution in [0.25, 0.3) is 0 Å². The largest absolute Gasteiger partial charge is 0.359 e. The number of rotatable bonds is 3. The molecule has 0 aliphatic rings. The normalized spacial score (nSPS) is 10.0. The van der Waals surface area contributed by atoms with E-state index in [4.69, 9.17) is 0 Å². The minimum absolute atomic E-state index is 0.0636. The summed E-state index contributed by atoms with van der Waals surface area (Å²) in [6, 6.07) is 9.14. The van der Waals surface area contributed by atoms with Crippen molar-refractivity contribution in [3.63, 3.8) is 0 Å². The second-order valence-electron chi connectivity index (χ2n) is 3.00. The molecule has 70 valence electrons. The molecule has 0 fully saturated rings. The topological polar surface area (TPSA) is 45.8 Å². The van der Waals surface area contributed by atoms with E-state index in [1.807, 2.05) is 24.3 Å². The summed E-state index contributed by atoms with van der Waals surface area (Å²) >= 11 is 0. The molecule has 0 amide bonds. The fraction of sp³-hybridized carbons (Fsp3) is 0.0909. The van der Waals surface area contributed by atoms with E-state index in [0.717, 1.165) is 5.69 Å². The molecule has 3 nitrogen and oxygen atoms in total. The third kappa shape index (κ3) is 1.88. The Bertz CT molecular complexity index is 406. The Balaban J connectivity index is 2.10. The molecular weight excluding hydrogens is 176 g/mol. The SMILES string of the molecule is O=C(Cc1ccccn1)c1ccc[nH]1. The fourth-order valence-electron chi connectivity index (χ4n) is 1.27. The van der Waals surface area contributed by atoms with E-state index in [0.29, 0.717) is 12.1 Å². The molecule has 0 aliphatic carbocycles. The lowest BCUT2D eigenvalue weighted by Crippen LogP contribution is -2.04. The van der Waals surface area contributed by atoms with Gasteiger partial charge < -0.3 is 4.98 Å². The van der Waals surface area contributed by atoms with Gasteiger partial charge in [0.1, 0.15) is 0 Å². The van der Waals surface area contributed by atoms with Crippen molar-refractivity contribution in [3.8, 4) is 0 Å². The summed E-state index contributed by atoms with van der Waals surface area (Å²) in [6.07, 6.45) is 3.78. The van der Waals surface area contributed by atoms with Crippen molar-refractivity contribution in [2.45, 2.75) is 6.42 Å². The summed E-state index contributed by atoms with van der Waals surface area (Å²) < 4.78 is 0. The molecule has 0 unspecified atom stereocenters. The number of carbonyl (C=O) groups excluding carboxylic acids is 1. The van der Waals surface area contributed by atoms with Crippen LogP contribution in [-0.4, -0.2) is 15.8 Å². The summed E-state index contributed by atoms with van der Waals surface area (Å²) in [7, 11) is 0. The Morgan fingerprint density at radius 1 is 1.29 bits per heavy atom. The zero-order chi connectivity index (χ0) is 9.80. The molecule has 0 spiro atoms. The molecule has 0 atom stereocenters. The van der Waals surface area contributed by atoms with Crippen LogP contribution in [0.5, 0.6) is 0 Å². The van der Waals surface area contributed by atoms with E-state index in [2.05, 4.69) is 9.97 Å². The minimum atomic E-state index is 0.0636. The first kappa shape index (κ1) is 8.69. The first-order valence-electron chi connectivity index (χ1n) is 4.43. The van der Waals surface area contributed by atoms with E-state index in [9.17, 15) is 4.79 Å². The first-order valence-corrected chi connectivity index (χ1v) is 4.43. The number of aromatic amines is 1. The van der Waals surface area contributed by atoms with Crippen LogP contribution >= 0.6 is 0 Å². The highest BCUT2D eigenvalue weighted by Crippen LogP contribution is 2.02. The molecule has 14 heavy (non-hydrogen) atoms. The van der Waals surface area contributed by atoms with Gasteiger partial charge in [-0.3, -0.25) is 9.78 Å². The number of nitrogens with one attached hydrogen (secondary N) is 1. The number of Topliss-reactive ketones (excluding diaryl/α,β-unsaturated/α-hetero) is 1. The number of hydrogen-bond donors (Lipinski definition) is 1. The summed E-state index contributed by atoms with van der Waals surface area (Å²) in [5, 5.41) is 0. The monoisotopic (exact) mass is 186 g/mol. The Labute approximate surface area is 81.8 Å². The van der Waals surface area contributed by atoms with Crippen molar-refractivity contribution in [2.24, 2.45) is 0 Å². The lowest BCUT2D eigenvalue weighted by molar-refractivity contribution is 0.0988. The Kier molecular flexibility index (Phi) is 2.40. The number of H-pyrrole nitrogens is 1. The van der Waals surface area contributed by atoms with Crippen molar-refractivity contribution in [1.82, 2.24) is 9.97 Å². The number of pyridine rings is 1. The van der Waals surface area contributed by atoms with Gasteiger partial charge in [-0.05, 0) is 24.3 Å². The van der Waals surface area contributed by atoms with Gasteiger partial charge in [0.15, 0.2) is 5.78 Å². The van der Waals surface area contributed by atoms with Crippen molar-refractivity contribution < 1.29 is 4.79 Å². The van der Waals surface area contributed by atoms with Gasteiger partial charge in [-0.25, -0.2) is 0 Å². The lowest BCUT2D eigenvalue weighted by atomic mass is 10.1. The van der Waals surface area contributed by atoms with Gasteiger partial charge in [0, 0.05) is 18.1 Å². The third-order valence-corrected chi connectivity index (χ3v) is 1.97. The second kappa shape index (κ2) is 3.87. The molecule has 0 bridgehead atoms. The number of carbonyl (C=O) groups is 1. The third-order valence-electron chi connectivity index (χ3n) is 1.97. The maximum Gasteiger partial charge on any atom is 0.184 e. The number of ketones is 1. The van der Waals surface area contributed by atoms with Crippen molar-refractivity contribution in [2.75, 3.05) is 0 Å². The predicted molar refractivity (Wildman–Crippen MR) is 53.1 cm³/mol. The van der Waals surface area contributed by atoms with Gasteiger partial charge in [0.25, 0.3) is 0 Å². The van der Waals surface area contributed by atoms with Gasteiger partial charge in [0.05, 0.1) is 12.1 Å². The van der Waals surface area contributed by atoms with Crippen LogP contribution in [0.4, 0.5) is 0 Å². The van der Waals surface area contributed by atoms with Crippen LogP contribution in [0.3, 0.4) is 0 Å². The van der Waals surface area contributed by atoms with Gasteiger partial charge in [-0.1, -0.05) is 6.07 Å². The van der Waals surface area contributed by atoms with Crippen molar-refractivity contribution in [3.05, 3.63) is 54.1 Å². The first-order chi connectivity index (χ1) is 6.86. The van der Waals surface area contributed by atoms with Crippen LogP contribution in [0.15, 0.2) is 42.7 Å². The molecule has 0 saturated carbocycles. The predicted octanol–water partition coefficient (Wildman–Crippen LogP) is 1.84. The molecule has 2 aromatic heterocycles. The maximum absolute atomic E-state index is 11.6. The number of hydrogen-bond acceptors (Lipinski definition) is 2. The van der Waals surface area contributed by atoms with E-state index in [-0.39, 0.29) is 5.78 Å². The van der Waals surface area contributed by atoms with Crippen LogP contribution in [0.1, 0.15) is 16.2 Å². The molecule has 2 heterocycles. The van der Waals surface area contributed by atoms with Crippen molar-refractivity contribution >= 4 is 5.78 Å². The highest BCUT2D eigenvalue weighted by atomic mass is 16.1. The van der Waals surface area contributed by atoms with Gasteiger partial charge >= 0.3 is 0 Å². The molecular formula is C11H10N2O. The summed E-state index contributed by atoms with van der Waals surface area (Å²) in [4.78, 5) is 18.6. The highest BCUT2D eigenvalue weighted by Gasteiger charge is 2.07. The molecule has 2 aromatic rings. The zero-order valence-electron chi connectivity index (χ0n) is 7.60. The Morgan fingerprint density at radius 3 is 2.86 bits per heavy atom. The summed E-state index contributed by atoms with van der Waals surface area (Å²) in [5.41, 5.74) is 1.43. The summed E-state index contributed by atoms with van der Waals surface area (Å²) in [6.45, 7) is 0. The van der Waals surface area contributed by atoms with Gasteiger partial charge in [-0.15, -0.1) is 0 Å². The molecule has 2 rings (SSSR count). The van der Waals surface area contributed by atoms with E-state index in [1.165, 1.54) is 0 Å². The maximum atomic E-state index is 11.6. The molecule has 0 aliphatic heterocycles. The number of aromatic nitrogens is 2. The molecule has 3 heteroatoms.